The molecule has 0 N–H and O–H groups in total. The molecule has 0 bridgehead atoms. The highest BCUT2D eigenvalue weighted by Crippen LogP contribution is 2.16. The Kier molecular flexibility index (Phi) is 5.50. The van der Waals surface area contributed by atoms with Gasteiger partial charge < -0.3 is 9.15 Å². The smallest absolute Gasteiger partial charge is 0.212 e. The Labute approximate surface area is 122 Å². The van der Waals surface area contributed by atoms with Gasteiger partial charge in [0, 0.05) is 0 Å². The van der Waals surface area contributed by atoms with Crippen LogP contribution in [-0.4, -0.2) is 11.7 Å². The average Bonchev–Trinajstić information content (AvgIpc) is 2.98. The van der Waals surface area contributed by atoms with E-state index >= 15 is 0 Å². The van der Waals surface area contributed by atoms with Gasteiger partial charge >= 0.3 is 0 Å². The molecule has 0 spiro atoms. The molecule has 0 atom stereocenters. The topological polar surface area (TPSA) is 39.4 Å². The van der Waals surface area contributed by atoms with E-state index < -0.39 is 0 Å². The van der Waals surface area contributed by atoms with Gasteiger partial charge in [-0.1, -0.05) is 30.0 Å². The van der Waals surface area contributed by atoms with Gasteiger partial charge in [0.25, 0.3) is 0 Å². The third-order valence-electron chi connectivity index (χ3n) is 2.54. The Morgan fingerprint density at radius 3 is 2.75 bits per heavy atom. The molecule has 0 amide bonds. The van der Waals surface area contributed by atoms with Gasteiger partial charge in [-0.3, -0.25) is 4.79 Å². The lowest BCUT2D eigenvalue weighted by Gasteiger charge is -2.02. The van der Waals surface area contributed by atoms with Gasteiger partial charge in [0.15, 0.2) is 0 Å². The van der Waals surface area contributed by atoms with Crippen molar-refractivity contribution in [3.63, 3.8) is 0 Å². The van der Waals surface area contributed by atoms with Gasteiger partial charge in [-0.15, -0.1) is 0 Å². The summed E-state index contributed by atoms with van der Waals surface area (Å²) in [6.07, 6.45) is 4.98. The van der Waals surface area contributed by atoms with Crippen molar-refractivity contribution in [3.8, 4) is 5.75 Å². The molecule has 0 saturated carbocycles. The fourth-order valence-corrected chi connectivity index (χ4v) is 2.20. The largest absolute Gasteiger partial charge is 0.494 e. The number of thioether (sulfide) groups is 1. The Morgan fingerprint density at radius 2 is 2.10 bits per heavy atom. The molecule has 4 heteroatoms. The number of ether oxygens (including phenoxy) is 1. The van der Waals surface area contributed by atoms with Crippen molar-refractivity contribution in [3.05, 3.63) is 60.1 Å². The molecule has 20 heavy (non-hydrogen) atoms. The highest BCUT2D eigenvalue weighted by atomic mass is 32.2. The maximum Gasteiger partial charge on any atom is 0.212 e. The van der Waals surface area contributed by atoms with E-state index in [0.717, 1.165) is 17.1 Å². The first-order chi connectivity index (χ1) is 9.78. The van der Waals surface area contributed by atoms with Crippen LogP contribution in [0.4, 0.5) is 0 Å². The van der Waals surface area contributed by atoms with E-state index in [2.05, 4.69) is 0 Å². The quantitative estimate of drug-likeness (QED) is 0.748. The first-order valence-electron chi connectivity index (χ1n) is 6.38. The standard InChI is InChI=1S/C16H16O3S/c1-2-18-14-8-5-13(6-9-14)7-10-16(17)20-12-15-4-3-11-19-15/h3-11H,2,12H2,1H3/b10-7-. The van der Waals surface area contributed by atoms with Crippen LogP contribution in [0.25, 0.3) is 6.08 Å². The van der Waals surface area contributed by atoms with Crippen molar-refractivity contribution in [2.24, 2.45) is 0 Å². The summed E-state index contributed by atoms with van der Waals surface area (Å²) in [5.74, 6) is 2.19. The van der Waals surface area contributed by atoms with Gasteiger partial charge in [-0.05, 0) is 42.8 Å². The fourth-order valence-electron chi connectivity index (χ4n) is 1.59. The predicted molar refractivity (Wildman–Crippen MR) is 81.7 cm³/mol. The van der Waals surface area contributed by atoms with Gasteiger partial charge in [0.05, 0.1) is 18.6 Å². The minimum absolute atomic E-state index is 0.00952. The summed E-state index contributed by atoms with van der Waals surface area (Å²) in [5.41, 5.74) is 0.973. The summed E-state index contributed by atoms with van der Waals surface area (Å²) in [5, 5.41) is 0.00952. The number of rotatable bonds is 6. The molecule has 0 fully saturated rings. The molecular weight excluding hydrogens is 272 g/mol. The summed E-state index contributed by atoms with van der Waals surface area (Å²) in [6.45, 7) is 2.60. The maximum absolute atomic E-state index is 11.7. The minimum atomic E-state index is 0.00952. The molecule has 1 heterocycles. The molecule has 0 unspecified atom stereocenters. The molecule has 104 valence electrons. The SMILES string of the molecule is CCOc1ccc(/C=C\C(=O)SCc2ccco2)cc1. The van der Waals surface area contributed by atoms with Crippen LogP contribution in [0.5, 0.6) is 5.75 Å². The molecule has 3 nitrogen and oxygen atoms in total. The first-order valence-corrected chi connectivity index (χ1v) is 7.36. The van der Waals surface area contributed by atoms with Crippen LogP contribution < -0.4 is 4.74 Å². The van der Waals surface area contributed by atoms with Crippen molar-refractivity contribution in [2.45, 2.75) is 12.7 Å². The Bertz CT molecular complexity index is 556. The van der Waals surface area contributed by atoms with Crippen LogP contribution >= 0.6 is 11.8 Å². The van der Waals surface area contributed by atoms with Crippen LogP contribution in [0.1, 0.15) is 18.2 Å². The summed E-state index contributed by atoms with van der Waals surface area (Å²) in [6, 6.07) is 11.3. The van der Waals surface area contributed by atoms with E-state index in [0.29, 0.717) is 12.4 Å². The molecule has 1 aromatic heterocycles. The highest BCUT2D eigenvalue weighted by molar-refractivity contribution is 8.13. The van der Waals surface area contributed by atoms with Gasteiger partial charge in [0.1, 0.15) is 11.5 Å². The summed E-state index contributed by atoms with van der Waals surface area (Å²) >= 11 is 1.22. The number of benzene rings is 1. The third kappa shape index (κ3) is 4.63. The second-order valence-corrected chi connectivity index (χ2v) is 5.00. The van der Waals surface area contributed by atoms with E-state index in [1.54, 1.807) is 18.4 Å². The van der Waals surface area contributed by atoms with E-state index in [9.17, 15) is 4.79 Å². The number of carbonyl (C=O) groups excluding carboxylic acids is 1. The zero-order valence-corrected chi connectivity index (χ0v) is 12.1. The van der Waals surface area contributed by atoms with Crippen LogP contribution in [0.3, 0.4) is 0 Å². The Balaban J connectivity index is 1.83. The zero-order valence-electron chi connectivity index (χ0n) is 11.2. The van der Waals surface area contributed by atoms with Crippen LogP contribution in [0, 0.1) is 0 Å². The van der Waals surface area contributed by atoms with Crippen LogP contribution in [0.2, 0.25) is 0 Å². The lowest BCUT2D eigenvalue weighted by molar-refractivity contribution is -0.107. The lowest BCUT2D eigenvalue weighted by atomic mass is 10.2. The lowest BCUT2D eigenvalue weighted by Crippen LogP contribution is -1.90. The third-order valence-corrected chi connectivity index (χ3v) is 3.39. The predicted octanol–water partition coefficient (Wildman–Crippen LogP) is 4.15. The van der Waals surface area contributed by atoms with Gasteiger partial charge in [-0.2, -0.15) is 0 Å². The van der Waals surface area contributed by atoms with E-state index in [4.69, 9.17) is 9.15 Å². The Morgan fingerprint density at radius 1 is 1.30 bits per heavy atom. The molecule has 0 radical (unpaired) electrons. The number of hydrogen-bond donors (Lipinski definition) is 0. The first kappa shape index (κ1) is 14.5. The normalized spacial score (nSPS) is 10.8. The molecule has 0 aliphatic rings. The van der Waals surface area contributed by atoms with Gasteiger partial charge in [0.2, 0.25) is 5.12 Å². The average molecular weight is 288 g/mol. The molecular formula is C16H16O3S. The van der Waals surface area contributed by atoms with Crippen molar-refractivity contribution in [1.29, 1.82) is 0 Å². The zero-order chi connectivity index (χ0) is 14.2. The summed E-state index contributed by atoms with van der Waals surface area (Å²) in [4.78, 5) is 11.7. The monoisotopic (exact) mass is 288 g/mol. The van der Waals surface area contributed by atoms with Crippen LogP contribution in [-0.2, 0) is 10.5 Å². The van der Waals surface area contributed by atoms with E-state index in [1.165, 1.54) is 11.8 Å². The van der Waals surface area contributed by atoms with Gasteiger partial charge in [-0.25, -0.2) is 0 Å². The number of carbonyl (C=O) groups is 1. The number of hydrogen-bond acceptors (Lipinski definition) is 4. The molecule has 0 aliphatic heterocycles. The van der Waals surface area contributed by atoms with Crippen molar-refractivity contribution < 1.29 is 13.9 Å². The molecule has 2 aromatic rings. The molecule has 0 aliphatic carbocycles. The maximum atomic E-state index is 11.7. The minimum Gasteiger partial charge on any atom is -0.494 e. The van der Waals surface area contributed by atoms with Crippen molar-refractivity contribution >= 4 is 23.0 Å². The van der Waals surface area contributed by atoms with E-state index in [-0.39, 0.29) is 5.12 Å². The second-order valence-electron chi connectivity index (χ2n) is 4.02. The van der Waals surface area contributed by atoms with Crippen molar-refractivity contribution in [2.75, 3.05) is 6.61 Å². The van der Waals surface area contributed by atoms with Crippen molar-refractivity contribution in [1.82, 2.24) is 0 Å². The van der Waals surface area contributed by atoms with E-state index in [1.807, 2.05) is 43.3 Å². The number of furan rings is 1. The summed E-state index contributed by atoms with van der Waals surface area (Å²) in [7, 11) is 0. The molecule has 0 saturated heterocycles. The highest BCUT2D eigenvalue weighted by Gasteiger charge is 2.01. The fraction of sp³-hybridized carbons (Fsp3) is 0.188. The second kappa shape index (κ2) is 7.60. The Hall–Kier alpha value is -1.94. The summed E-state index contributed by atoms with van der Waals surface area (Å²) < 4.78 is 10.5. The molecule has 1 aromatic carbocycles. The van der Waals surface area contributed by atoms with Crippen LogP contribution in [0.15, 0.2) is 53.2 Å². The molecule has 2 rings (SSSR count).